The fourth-order valence-corrected chi connectivity index (χ4v) is 2.83. The number of nitrogens with zero attached hydrogens (tertiary/aromatic N) is 4. The molecule has 3 rings (SSSR count). The van der Waals surface area contributed by atoms with Crippen molar-refractivity contribution in [2.24, 2.45) is 0 Å². The number of nitrogens with one attached hydrogen (secondary N) is 1. The second kappa shape index (κ2) is 7.51. The largest absolute Gasteiger partial charge is 0.342 e. The predicted octanol–water partition coefficient (Wildman–Crippen LogP) is 0.681. The lowest BCUT2D eigenvalue weighted by molar-refractivity contribution is -0.127. The highest BCUT2D eigenvalue weighted by atomic mass is 19.3. The van der Waals surface area contributed by atoms with Crippen LogP contribution < -0.4 is 5.41 Å². The summed E-state index contributed by atoms with van der Waals surface area (Å²) in [6.45, 7) is 2.93. The van der Waals surface area contributed by atoms with Crippen molar-refractivity contribution < 1.29 is 19.0 Å². The van der Waals surface area contributed by atoms with Gasteiger partial charge < -0.3 is 9.88 Å². The van der Waals surface area contributed by atoms with E-state index in [4.69, 9.17) is 5.41 Å². The second-order valence-corrected chi connectivity index (χ2v) is 6.09. The number of amides is 1. The normalized spacial score (nSPS) is 17.4. The Morgan fingerprint density at radius 3 is 2.92 bits per heavy atom. The minimum atomic E-state index is -2.70. The van der Waals surface area contributed by atoms with E-state index in [1.807, 2.05) is 6.07 Å². The molecule has 1 atom stereocenters. The Hall–Kier alpha value is -2.97. The van der Waals surface area contributed by atoms with Crippen LogP contribution in [0.15, 0.2) is 24.7 Å². The van der Waals surface area contributed by atoms with Gasteiger partial charge in [-0.3, -0.25) is 10.2 Å². The van der Waals surface area contributed by atoms with Crippen LogP contribution in [0.3, 0.4) is 0 Å². The van der Waals surface area contributed by atoms with Crippen LogP contribution in [-0.2, 0) is 4.79 Å². The molecule has 7 nitrogen and oxygen atoms in total. The van der Waals surface area contributed by atoms with Gasteiger partial charge in [-0.1, -0.05) is 0 Å². The van der Waals surface area contributed by atoms with Gasteiger partial charge in [-0.2, -0.15) is 8.78 Å². The summed E-state index contributed by atoms with van der Waals surface area (Å²) < 4.78 is 24.8. The van der Waals surface area contributed by atoms with E-state index >= 15 is 0 Å². The number of H-pyrrole nitrogens is 1. The first-order chi connectivity index (χ1) is 12.4. The molecule has 9 heteroatoms. The number of aromatic nitrogens is 4. The number of nitrogens with two attached hydrogens (primary N) is 1. The van der Waals surface area contributed by atoms with Gasteiger partial charge in [0.15, 0.2) is 0 Å². The summed E-state index contributed by atoms with van der Waals surface area (Å²) in [7, 11) is 0. The molecule has 0 bridgehead atoms. The smallest absolute Gasteiger partial charge is 0.320 e. The number of alkyl halides is 2. The lowest BCUT2D eigenvalue weighted by Crippen LogP contribution is -2.42. The number of allylic oxidation sites excluding steroid dienone is 1. The lowest BCUT2D eigenvalue weighted by atomic mass is 10.0. The minimum absolute atomic E-state index is 0.0617. The molecule has 2 aromatic heterocycles. The van der Waals surface area contributed by atoms with Crippen LogP contribution in [0.2, 0.25) is 0 Å². The number of likely N-dealkylation sites (tertiary alicyclic amines) is 1. The Morgan fingerprint density at radius 1 is 1.42 bits per heavy atom. The van der Waals surface area contributed by atoms with Crippen molar-refractivity contribution in [3.05, 3.63) is 36.2 Å². The highest BCUT2D eigenvalue weighted by molar-refractivity contribution is 5.95. The molecule has 3 N–H and O–H groups in total. The number of hydrogen-bond acceptors (Lipinski definition) is 4. The van der Waals surface area contributed by atoms with Crippen LogP contribution >= 0.6 is 0 Å². The van der Waals surface area contributed by atoms with Gasteiger partial charge in [-0.25, -0.2) is 15.0 Å². The van der Waals surface area contributed by atoms with E-state index < -0.39 is 12.1 Å². The third-order valence-corrected chi connectivity index (χ3v) is 4.30. The topological polar surface area (TPSA) is 100 Å². The number of imidazole rings is 1. The van der Waals surface area contributed by atoms with Crippen LogP contribution in [0.25, 0.3) is 17.5 Å². The Balaban J connectivity index is 1.75. The molecular weight excluding hydrogens is 342 g/mol. The Labute approximate surface area is 148 Å². The van der Waals surface area contributed by atoms with Crippen molar-refractivity contribution in [2.45, 2.75) is 25.7 Å². The highest BCUT2D eigenvalue weighted by Crippen LogP contribution is 2.27. The summed E-state index contributed by atoms with van der Waals surface area (Å²) in [5.74, 6) is 0.627. The Kier molecular flexibility index (Phi) is 5.15. The monoisotopic (exact) mass is 361 g/mol. The molecule has 1 aliphatic heterocycles. The summed E-state index contributed by atoms with van der Waals surface area (Å²) in [6, 6.07) is 1.86. The molecule has 0 saturated carbocycles. The highest BCUT2D eigenvalue weighted by Gasteiger charge is 2.26. The van der Waals surface area contributed by atoms with E-state index in [1.165, 1.54) is 12.4 Å². The van der Waals surface area contributed by atoms with E-state index in [1.54, 1.807) is 18.0 Å². The predicted molar refractivity (Wildman–Crippen MR) is 91.2 cm³/mol. The van der Waals surface area contributed by atoms with Crippen molar-refractivity contribution in [1.82, 2.24) is 24.8 Å². The van der Waals surface area contributed by atoms with Crippen LogP contribution in [0.1, 0.15) is 30.8 Å². The number of hydrogen-bond donors (Lipinski definition) is 2. The van der Waals surface area contributed by atoms with Crippen LogP contribution in [0, 0.1) is 0 Å². The number of halogens is 2. The van der Waals surface area contributed by atoms with Gasteiger partial charge in [0, 0.05) is 37.7 Å². The third-order valence-electron chi connectivity index (χ3n) is 4.30. The van der Waals surface area contributed by atoms with Crippen molar-refractivity contribution in [3.8, 4) is 11.4 Å². The standard InChI is InChI=1S/C17H18F2N6O/c1-10(26)25-5-4-11(8-25)13-6-14(23-9-22-13)15-7-21-16(24-15)3-2-12(20)17(18)19/h2-3,6-7,9,11,17,20H,4-5,8H2,1H3,(H,21,24)/p+1/b3-2-,20-12?. The van der Waals surface area contributed by atoms with Crippen LogP contribution in [0.5, 0.6) is 0 Å². The molecular formula is C17H19F2N6O+. The minimum Gasteiger partial charge on any atom is -0.342 e. The maximum Gasteiger partial charge on any atom is 0.320 e. The molecule has 3 heterocycles. The molecule has 136 valence electrons. The molecule has 0 radical (unpaired) electrons. The summed E-state index contributed by atoms with van der Waals surface area (Å²) in [4.78, 5) is 29.0. The molecule has 1 saturated heterocycles. The van der Waals surface area contributed by atoms with E-state index in [0.717, 1.165) is 24.7 Å². The average Bonchev–Trinajstić information content (AvgIpc) is 3.29. The first-order valence-corrected chi connectivity index (χ1v) is 8.15. The van der Waals surface area contributed by atoms with Crippen LogP contribution in [-0.4, -0.2) is 56.0 Å². The zero-order valence-electron chi connectivity index (χ0n) is 14.2. The molecule has 1 aliphatic rings. The summed E-state index contributed by atoms with van der Waals surface area (Å²) >= 11 is 0. The van der Waals surface area contributed by atoms with Gasteiger partial charge >= 0.3 is 6.43 Å². The van der Waals surface area contributed by atoms with Gasteiger partial charge in [0.25, 0.3) is 0 Å². The summed E-state index contributed by atoms with van der Waals surface area (Å²) in [6.07, 6.45) is 3.70. The van der Waals surface area contributed by atoms with Gasteiger partial charge in [0.2, 0.25) is 11.6 Å². The van der Waals surface area contributed by atoms with Gasteiger partial charge in [-0.15, -0.1) is 0 Å². The summed E-state index contributed by atoms with van der Waals surface area (Å²) in [5.41, 5.74) is 1.63. The molecule has 1 fully saturated rings. The van der Waals surface area contributed by atoms with E-state index in [9.17, 15) is 13.6 Å². The molecule has 1 amide bonds. The molecule has 1 unspecified atom stereocenters. The number of carbonyl (C=O) groups is 1. The van der Waals surface area contributed by atoms with E-state index in [0.29, 0.717) is 23.8 Å². The van der Waals surface area contributed by atoms with Crippen molar-refractivity contribution in [2.75, 3.05) is 13.1 Å². The Bertz CT molecular complexity index is 847. The average molecular weight is 361 g/mol. The maximum absolute atomic E-state index is 12.4. The van der Waals surface area contributed by atoms with Gasteiger partial charge in [0.05, 0.1) is 17.6 Å². The SMILES string of the molecule is CC(=O)N1CCC(c2cc(-c3cnc(/C=C\C(=[NH2+])C(F)F)[nH]3)ncn2)C1. The van der Waals surface area contributed by atoms with Crippen LogP contribution in [0.4, 0.5) is 8.78 Å². The lowest BCUT2D eigenvalue weighted by Gasteiger charge is -2.13. The van der Waals surface area contributed by atoms with Gasteiger partial charge in [-0.05, 0) is 18.6 Å². The van der Waals surface area contributed by atoms with Crippen molar-refractivity contribution in [1.29, 1.82) is 0 Å². The number of carbonyl (C=O) groups excluding carboxylic acids is 1. The number of aromatic amines is 1. The van der Waals surface area contributed by atoms with Crippen molar-refractivity contribution in [3.63, 3.8) is 0 Å². The maximum atomic E-state index is 12.4. The zero-order valence-corrected chi connectivity index (χ0v) is 14.2. The second-order valence-electron chi connectivity index (χ2n) is 6.09. The fourth-order valence-electron chi connectivity index (χ4n) is 2.83. The van der Waals surface area contributed by atoms with Crippen molar-refractivity contribution >= 4 is 17.7 Å². The third kappa shape index (κ3) is 3.98. The summed E-state index contributed by atoms with van der Waals surface area (Å²) in [5, 5.41) is 5.19. The molecule has 0 aliphatic carbocycles. The number of rotatable bonds is 5. The zero-order chi connectivity index (χ0) is 18.7. The Morgan fingerprint density at radius 2 is 2.23 bits per heavy atom. The fraction of sp³-hybridized carbons (Fsp3) is 0.353. The first kappa shape index (κ1) is 17.8. The quantitative estimate of drug-likeness (QED) is 0.765. The molecule has 0 aromatic carbocycles. The molecule has 26 heavy (non-hydrogen) atoms. The van der Waals surface area contributed by atoms with E-state index in [-0.39, 0.29) is 11.8 Å². The molecule has 0 spiro atoms. The first-order valence-electron chi connectivity index (χ1n) is 8.15. The van der Waals surface area contributed by atoms with Gasteiger partial charge in [0.1, 0.15) is 12.2 Å². The molecule has 2 aromatic rings. The van der Waals surface area contributed by atoms with E-state index in [2.05, 4.69) is 19.9 Å².